The molecule has 3 heterocycles. The molecule has 0 radical (unpaired) electrons. The molecule has 1 amide bonds. The quantitative estimate of drug-likeness (QED) is 0.416. The van der Waals surface area contributed by atoms with Crippen molar-refractivity contribution in [2.24, 2.45) is 0 Å². The highest BCUT2D eigenvalue weighted by atomic mass is 32.1. The molecule has 4 rings (SSSR count). The van der Waals surface area contributed by atoms with E-state index in [1.165, 1.54) is 0 Å². The molecule has 0 aliphatic carbocycles. The number of rotatable bonds is 6. The number of pyridine rings is 1. The average molecular weight is 406 g/mol. The van der Waals surface area contributed by atoms with Gasteiger partial charge in [-0.05, 0) is 59.6 Å². The van der Waals surface area contributed by atoms with Crippen molar-refractivity contribution >= 4 is 39.4 Å². The molecule has 0 bridgehead atoms. The van der Waals surface area contributed by atoms with Crippen molar-refractivity contribution in [1.82, 2.24) is 4.98 Å². The molecule has 1 atom stereocenters. The zero-order chi connectivity index (χ0) is 19.3. The molecule has 140 valence electrons. The lowest BCUT2D eigenvalue weighted by molar-refractivity contribution is 0.102. The van der Waals surface area contributed by atoms with Crippen LogP contribution >= 0.6 is 22.7 Å². The van der Waals surface area contributed by atoms with E-state index in [4.69, 9.17) is 0 Å². The number of aryl methyl sites for hydroxylation is 1. The van der Waals surface area contributed by atoms with Crippen molar-refractivity contribution < 1.29 is 4.79 Å². The van der Waals surface area contributed by atoms with E-state index in [9.17, 15) is 4.79 Å². The van der Waals surface area contributed by atoms with Gasteiger partial charge in [0, 0.05) is 22.2 Å². The molecule has 3 aromatic heterocycles. The van der Waals surface area contributed by atoms with Gasteiger partial charge in [0.05, 0.1) is 6.04 Å². The van der Waals surface area contributed by atoms with Crippen LogP contribution < -0.4 is 10.6 Å². The highest BCUT2D eigenvalue weighted by molar-refractivity contribution is 7.16. The first kappa shape index (κ1) is 18.4. The highest BCUT2D eigenvalue weighted by Gasteiger charge is 2.22. The van der Waals surface area contributed by atoms with Crippen LogP contribution in [0.15, 0.2) is 77.6 Å². The van der Waals surface area contributed by atoms with Crippen LogP contribution in [-0.2, 0) is 0 Å². The molecule has 6 heteroatoms. The largest absolute Gasteiger partial charge is 0.359 e. The summed E-state index contributed by atoms with van der Waals surface area (Å²) in [6.07, 6.45) is 1.77. The van der Waals surface area contributed by atoms with Gasteiger partial charge in [-0.3, -0.25) is 4.79 Å². The smallest absolute Gasteiger partial charge is 0.256 e. The van der Waals surface area contributed by atoms with Gasteiger partial charge in [0.2, 0.25) is 0 Å². The summed E-state index contributed by atoms with van der Waals surface area (Å²) in [5.41, 5.74) is 2.82. The van der Waals surface area contributed by atoms with Crippen LogP contribution in [0.3, 0.4) is 0 Å². The molecule has 0 spiro atoms. The van der Waals surface area contributed by atoms with Gasteiger partial charge >= 0.3 is 0 Å². The first-order valence-electron chi connectivity index (χ1n) is 8.87. The van der Waals surface area contributed by atoms with Crippen LogP contribution in [0.5, 0.6) is 0 Å². The number of benzene rings is 1. The third kappa shape index (κ3) is 4.13. The monoisotopic (exact) mass is 405 g/mol. The second-order valence-corrected chi connectivity index (χ2v) is 8.35. The van der Waals surface area contributed by atoms with Gasteiger partial charge in [-0.1, -0.05) is 24.3 Å². The molecule has 0 unspecified atom stereocenters. The second kappa shape index (κ2) is 8.37. The third-order valence-electron chi connectivity index (χ3n) is 4.29. The Hall–Kier alpha value is -2.96. The Morgan fingerprint density at radius 2 is 1.89 bits per heavy atom. The lowest BCUT2D eigenvalue weighted by Crippen LogP contribution is -2.16. The Kier molecular flexibility index (Phi) is 5.50. The van der Waals surface area contributed by atoms with Crippen LogP contribution in [0.25, 0.3) is 0 Å². The van der Waals surface area contributed by atoms with E-state index in [0.717, 1.165) is 26.8 Å². The zero-order valence-electron chi connectivity index (χ0n) is 15.3. The number of carbonyl (C=O) groups excluding carboxylic acids is 1. The van der Waals surface area contributed by atoms with E-state index in [2.05, 4.69) is 45.4 Å². The van der Waals surface area contributed by atoms with Gasteiger partial charge in [-0.25, -0.2) is 4.98 Å². The topological polar surface area (TPSA) is 54.0 Å². The zero-order valence-corrected chi connectivity index (χ0v) is 16.9. The Balaban J connectivity index is 1.68. The number of amides is 1. The summed E-state index contributed by atoms with van der Waals surface area (Å²) in [6, 6.07) is 19.2. The summed E-state index contributed by atoms with van der Waals surface area (Å²) >= 11 is 3.24. The molecular formula is C22H19N3OS2. The van der Waals surface area contributed by atoms with Crippen LogP contribution in [0.4, 0.5) is 10.8 Å². The Labute approximate surface area is 171 Å². The molecule has 2 N–H and O–H groups in total. The average Bonchev–Trinajstić information content (AvgIpc) is 3.38. The number of anilines is 2. The summed E-state index contributed by atoms with van der Waals surface area (Å²) < 4.78 is 0. The number of hydrogen-bond acceptors (Lipinski definition) is 5. The number of hydrogen-bond donors (Lipinski definition) is 2. The van der Waals surface area contributed by atoms with E-state index >= 15 is 0 Å². The minimum absolute atomic E-state index is 0.0998. The fourth-order valence-corrected chi connectivity index (χ4v) is 4.62. The van der Waals surface area contributed by atoms with E-state index in [1.54, 1.807) is 28.9 Å². The van der Waals surface area contributed by atoms with E-state index in [1.807, 2.05) is 48.5 Å². The first-order valence-corrected chi connectivity index (χ1v) is 10.6. The van der Waals surface area contributed by atoms with Crippen molar-refractivity contribution in [2.75, 3.05) is 10.6 Å². The predicted molar refractivity (Wildman–Crippen MR) is 117 cm³/mol. The number of nitrogens with one attached hydrogen (secondary N) is 2. The summed E-state index contributed by atoms with van der Waals surface area (Å²) in [6.45, 7) is 2.05. The lowest BCUT2D eigenvalue weighted by Gasteiger charge is -2.19. The maximum atomic E-state index is 12.7. The molecule has 0 aliphatic heterocycles. The van der Waals surface area contributed by atoms with E-state index in [-0.39, 0.29) is 11.9 Å². The summed E-state index contributed by atoms with van der Waals surface area (Å²) in [5.74, 6) is 0.688. The summed E-state index contributed by atoms with van der Waals surface area (Å²) in [5, 5.41) is 11.6. The molecule has 0 saturated carbocycles. The van der Waals surface area contributed by atoms with Gasteiger partial charge < -0.3 is 10.6 Å². The van der Waals surface area contributed by atoms with Gasteiger partial charge in [0.15, 0.2) is 0 Å². The van der Waals surface area contributed by atoms with Gasteiger partial charge in [-0.15, -0.1) is 11.3 Å². The summed E-state index contributed by atoms with van der Waals surface area (Å²) in [4.78, 5) is 18.3. The SMILES string of the molecule is Cc1cc([C@@H](Nc2ccccn2)c2ccsc2)c(NC(=O)c2ccccc2)s1. The molecule has 4 aromatic rings. The highest BCUT2D eigenvalue weighted by Crippen LogP contribution is 2.38. The first-order chi connectivity index (χ1) is 13.7. The minimum Gasteiger partial charge on any atom is -0.359 e. The van der Waals surface area contributed by atoms with E-state index in [0.29, 0.717) is 5.56 Å². The fraction of sp³-hybridized carbons (Fsp3) is 0.0909. The fourth-order valence-electron chi connectivity index (χ4n) is 2.99. The maximum Gasteiger partial charge on any atom is 0.256 e. The van der Waals surface area contributed by atoms with Gasteiger partial charge in [0.25, 0.3) is 5.91 Å². The van der Waals surface area contributed by atoms with Gasteiger partial charge in [0.1, 0.15) is 10.8 Å². The standard InChI is InChI=1S/C22H19N3OS2/c1-15-13-18(22(28-15)25-21(26)16-7-3-2-4-8-16)20(17-10-12-27-14-17)24-19-9-5-6-11-23-19/h2-14,20H,1H3,(H,23,24)(H,25,26)/t20-/m0/s1. The Bertz CT molecular complexity index is 1040. The van der Waals surface area contributed by atoms with Crippen molar-refractivity contribution in [2.45, 2.75) is 13.0 Å². The van der Waals surface area contributed by atoms with Crippen LogP contribution in [-0.4, -0.2) is 10.9 Å². The molecule has 4 nitrogen and oxygen atoms in total. The number of nitrogens with zero attached hydrogens (tertiary/aromatic N) is 1. The van der Waals surface area contributed by atoms with Crippen molar-refractivity contribution in [3.63, 3.8) is 0 Å². The number of carbonyl (C=O) groups is 1. The third-order valence-corrected chi connectivity index (χ3v) is 5.97. The Morgan fingerprint density at radius 1 is 1.07 bits per heavy atom. The van der Waals surface area contributed by atoms with Crippen LogP contribution in [0.2, 0.25) is 0 Å². The lowest BCUT2D eigenvalue weighted by atomic mass is 10.0. The summed E-state index contributed by atoms with van der Waals surface area (Å²) in [7, 11) is 0. The number of thiophene rings is 2. The van der Waals surface area contributed by atoms with Crippen LogP contribution in [0.1, 0.15) is 32.4 Å². The van der Waals surface area contributed by atoms with Crippen LogP contribution in [0, 0.1) is 6.92 Å². The molecule has 0 aliphatic rings. The number of aromatic nitrogens is 1. The second-order valence-electron chi connectivity index (χ2n) is 6.31. The molecule has 0 fully saturated rings. The molecular weight excluding hydrogens is 386 g/mol. The molecule has 0 saturated heterocycles. The normalized spacial score (nSPS) is 11.8. The predicted octanol–water partition coefficient (Wildman–Crippen LogP) is 5.97. The van der Waals surface area contributed by atoms with Gasteiger partial charge in [-0.2, -0.15) is 11.3 Å². The van der Waals surface area contributed by atoms with Crippen molar-refractivity contribution in [3.8, 4) is 0 Å². The Morgan fingerprint density at radius 3 is 2.61 bits per heavy atom. The molecule has 28 heavy (non-hydrogen) atoms. The van der Waals surface area contributed by atoms with E-state index < -0.39 is 0 Å². The maximum absolute atomic E-state index is 12.7. The van der Waals surface area contributed by atoms with Crippen molar-refractivity contribution in [1.29, 1.82) is 0 Å². The molecule has 1 aromatic carbocycles. The minimum atomic E-state index is -0.106. The van der Waals surface area contributed by atoms with Crippen molar-refractivity contribution in [3.05, 3.63) is 99.2 Å².